The monoisotopic (exact) mass is 370 g/mol. The molecule has 9 heteroatoms. The first kappa shape index (κ1) is 18.9. The number of nitrogens with zero attached hydrogens (tertiary/aromatic N) is 2. The summed E-state index contributed by atoms with van der Waals surface area (Å²) >= 11 is 0.214. The first-order valence-corrected chi connectivity index (χ1v) is 8.04. The molecular weight excluding hydrogens is 354 g/mol. The van der Waals surface area contributed by atoms with Gasteiger partial charge in [-0.1, -0.05) is 0 Å². The third kappa shape index (κ3) is 4.56. The van der Waals surface area contributed by atoms with E-state index < -0.39 is 17.6 Å². The van der Waals surface area contributed by atoms with Crippen LogP contribution < -0.4 is 0 Å². The minimum Gasteiger partial charge on any atom is -0.465 e. The molecular formula is C16H16F2N2O4S. The van der Waals surface area contributed by atoms with Gasteiger partial charge in [0, 0.05) is 13.2 Å². The Labute approximate surface area is 147 Å². The van der Waals surface area contributed by atoms with E-state index in [2.05, 4.69) is 9.72 Å². The maximum absolute atomic E-state index is 12.6. The maximum Gasteiger partial charge on any atom is 0.341 e. The van der Waals surface area contributed by atoms with E-state index >= 15 is 0 Å². The van der Waals surface area contributed by atoms with Crippen LogP contribution in [0.15, 0.2) is 33.8 Å². The van der Waals surface area contributed by atoms with Crippen LogP contribution in [0.1, 0.15) is 32.2 Å². The van der Waals surface area contributed by atoms with Gasteiger partial charge in [0.25, 0.3) is 11.7 Å². The number of hydrogen-bond acceptors (Lipinski definition) is 6. The second kappa shape index (κ2) is 8.11. The number of rotatable bonds is 6. The van der Waals surface area contributed by atoms with Crippen LogP contribution in [0.5, 0.6) is 0 Å². The van der Waals surface area contributed by atoms with Gasteiger partial charge in [-0.15, -0.1) is 0 Å². The number of hydrogen-bond donors (Lipinski definition) is 0. The molecule has 2 aromatic rings. The van der Waals surface area contributed by atoms with Crippen molar-refractivity contribution in [2.75, 3.05) is 14.2 Å². The Morgan fingerprint density at radius 2 is 2.12 bits per heavy atom. The molecule has 0 saturated heterocycles. The summed E-state index contributed by atoms with van der Waals surface area (Å²) in [5.41, 5.74) is 0.348. The molecule has 0 saturated carbocycles. The molecule has 0 aliphatic carbocycles. The predicted molar refractivity (Wildman–Crippen MR) is 86.7 cm³/mol. The van der Waals surface area contributed by atoms with Gasteiger partial charge in [-0.05, 0) is 36.9 Å². The number of aromatic nitrogens is 1. The number of furan rings is 1. The molecule has 0 radical (unpaired) electrons. The van der Waals surface area contributed by atoms with Crippen molar-refractivity contribution in [1.82, 2.24) is 9.88 Å². The summed E-state index contributed by atoms with van der Waals surface area (Å²) in [7, 11) is 2.76. The molecule has 6 nitrogen and oxygen atoms in total. The van der Waals surface area contributed by atoms with Crippen LogP contribution in [0, 0.1) is 6.92 Å². The number of esters is 1. The van der Waals surface area contributed by atoms with Crippen molar-refractivity contribution in [3.8, 4) is 0 Å². The smallest absolute Gasteiger partial charge is 0.341 e. The molecule has 0 aliphatic rings. The quantitative estimate of drug-likeness (QED) is 0.574. The highest BCUT2D eigenvalue weighted by Gasteiger charge is 2.22. The molecule has 0 N–H and O–H groups in total. The van der Waals surface area contributed by atoms with E-state index in [9.17, 15) is 18.4 Å². The number of thioether (sulfide) groups is 1. The fourth-order valence-corrected chi connectivity index (χ4v) is 2.75. The average molecular weight is 370 g/mol. The lowest BCUT2D eigenvalue weighted by atomic mass is 10.2. The van der Waals surface area contributed by atoms with E-state index in [0.717, 1.165) is 0 Å². The second-order valence-corrected chi connectivity index (χ2v) is 6.05. The summed E-state index contributed by atoms with van der Waals surface area (Å²) in [6, 6.07) is 4.43. The molecule has 2 rings (SSSR count). The number of aryl methyl sites for hydroxylation is 1. The van der Waals surface area contributed by atoms with Gasteiger partial charge in [0.15, 0.2) is 0 Å². The molecule has 0 atom stereocenters. The number of ether oxygens (including phenoxy) is 1. The van der Waals surface area contributed by atoms with E-state index in [-0.39, 0.29) is 34.5 Å². The number of amides is 1. The molecule has 134 valence electrons. The molecule has 0 aromatic carbocycles. The van der Waals surface area contributed by atoms with E-state index in [4.69, 9.17) is 4.42 Å². The molecule has 25 heavy (non-hydrogen) atoms. The van der Waals surface area contributed by atoms with Crippen molar-refractivity contribution in [1.29, 1.82) is 0 Å². The van der Waals surface area contributed by atoms with Gasteiger partial charge >= 0.3 is 5.97 Å². The van der Waals surface area contributed by atoms with Crippen LogP contribution in [0.25, 0.3) is 0 Å². The predicted octanol–water partition coefficient (Wildman–Crippen LogP) is 3.36. The van der Waals surface area contributed by atoms with Gasteiger partial charge in [-0.25, -0.2) is 9.78 Å². The minimum atomic E-state index is -2.68. The number of alkyl halides is 2. The SMILES string of the molecule is COC(=O)c1cc(CN(C)C(=O)c2cccnc2SC(F)F)oc1C. The Bertz CT molecular complexity index is 779. The van der Waals surface area contributed by atoms with Crippen LogP contribution in [0.3, 0.4) is 0 Å². The highest BCUT2D eigenvalue weighted by molar-refractivity contribution is 7.99. The molecule has 0 bridgehead atoms. The van der Waals surface area contributed by atoms with E-state index in [1.54, 1.807) is 6.92 Å². The summed E-state index contributed by atoms with van der Waals surface area (Å²) in [4.78, 5) is 29.2. The minimum absolute atomic E-state index is 0.0415. The number of carbonyl (C=O) groups is 2. The van der Waals surface area contributed by atoms with Gasteiger partial charge in [-0.2, -0.15) is 8.78 Å². The molecule has 0 fully saturated rings. The van der Waals surface area contributed by atoms with Gasteiger partial charge in [0.05, 0.1) is 19.2 Å². The van der Waals surface area contributed by atoms with E-state index in [1.165, 1.54) is 43.5 Å². The number of pyridine rings is 1. The lowest BCUT2D eigenvalue weighted by Gasteiger charge is -2.17. The lowest BCUT2D eigenvalue weighted by molar-refractivity contribution is 0.0598. The van der Waals surface area contributed by atoms with Crippen molar-refractivity contribution in [3.63, 3.8) is 0 Å². The molecule has 0 unspecified atom stereocenters. The van der Waals surface area contributed by atoms with Gasteiger partial charge in [-0.3, -0.25) is 4.79 Å². The standard InChI is InChI=1S/C16H16F2N2O4S/c1-9-12(15(22)23-3)7-10(24-9)8-20(2)14(21)11-5-4-6-19-13(11)25-16(17)18/h4-7,16H,8H2,1-3H3. The number of halogens is 2. The third-order valence-electron chi connectivity index (χ3n) is 3.32. The second-order valence-electron chi connectivity index (χ2n) is 5.07. The highest BCUT2D eigenvalue weighted by atomic mass is 32.2. The Balaban J connectivity index is 2.18. The van der Waals surface area contributed by atoms with Crippen LogP contribution in [-0.4, -0.2) is 41.7 Å². The molecule has 1 amide bonds. The summed E-state index contributed by atoms with van der Waals surface area (Å²) in [5.74, 6) is -2.95. The van der Waals surface area contributed by atoms with Crippen LogP contribution in [0.4, 0.5) is 8.78 Å². The van der Waals surface area contributed by atoms with Gasteiger partial charge in [0.1, 0.15) is 22.1 Å². The molecule has 2 aromatic heterocycles. The number of methoxy groups -OCH3 is 1. The molecule has 0 spiro atoms. The molecule has 2 heterocycles. The summed E-state index contributed by atoms with van der Waals surface area (Å²) < 4.78 is 35.3. The van der Waals surface area contributed by atoms with Gasteiger partial charge in [0.2, 0.25) is 0 Å². The van der Waals surface area contributed by atoms with Crippen molar-refractivity contribution >= 4 is 23.6 Å². The zero-order valence-corrected chi connectivity index (χ0v) is 14.6. The molecule has 0 aliphatic heterocycles. The van der Waals surface area contributed by atoms with Crippen molar-refractivity contribution in [2.45, 2.75) is 24.3 Å². The zero-order valence-electron chi connectivity index (χ0n) is 13.8. The third-order valence-corrected chi connectivity index (χ3v) is 4.04. The average Bonchev–Trinajstić information content (AvgIpc) is 2.93. The Morgan fingerprint density at radius 1 is 1.40 bits per heavy atom. The normalized spacial score (nSPS) is 10.8. The van der Waals surface area contributed by atoms with Crippen molar-refractivity contribution < 1.29 is 27.5 Å². The highest BCUT2D eigenvalue weighted by Crippen LogP contribution is 2.27. The largest absolute Gasteiger partial charge is 0.465 e. The Morgan fingerprint density at radius 3 is 2.76 bits per heavy atom. The summed E-state index contributed by atoms with van der Waals surface area (Å²) in [6.07, 6.45) is 1.35. The van der Waals surface area contributed by atoms with E-state index in [1.807, 2.05) is 0 Å². The van der Waals surface area contributed by atoms with E-state index in [0.29, 0.717) is 11.5 Å². The first-order chi connectivity index (χ1) is 11.8. The fraction of sp³-hybridized carbons (Fsp3) is 0.312. The maximum atomic E-state index is 12.6. The van der Waals surface area contributed by atoms with Crippen LogP contribution in [-0.2, 0) is 11.3 Å². The number of carbonyl (C=O) groups excluding carboxylic acids is 2. The fourth-order valence-electron chi connectivity index (χ4n) is 2.18. The van der Waals surface area contributed by atoms with Crippen LogP contribution >= 0.6 is 11.8 Å². The van der Waals surface area contributed by atoms with Crippen LogP contribution in [0.2, 0.25) is 0 Å². The lowest BCUT2D eigenvalue weighted by Crippen LogP contribution is -2.26. The summed E-state index contributed by atoms with van der Waals surface area (Å²) in [6.45, 7) is 1.67. The topological polar surface area (TPSA) is 72.6 Å². The zero-order chi connectivity index (χ0) is 18.6. The Kier molecular flexibility index (Phi) is 6.13. The van der Waals surface area contributed by atoms with Crippen molar-refractivity contribution in [3.05, 3.63) is 47.0 Å². The van der Waals surface area contributed by atoms with Gasteiger partial charge < -0.3 is 14.1 Å². The summed E-state index contributed by atoms with van der Waals surface area (Å²) in [5, 5.41) is -0.0415. The first-order valence-electron chi connectivity index (χ1n) is 7.16. The van der Waals surface area contributed by atoms with Crippen molar-refractivity contribution in [2.24, 2.45) is 0 Å². The Hall–Kier alpha value is -2.42.